The topological polar surface area (TPSA) is 32.3 Å². The molecule has 0 heterocycles. The molecule has 0 aromatic heterocycles. The number of anilines is 1. The Bertz CT molecular complexity index is 359. The van der Waals surface area contributed by atoms with Gasteiger partial charge in [-0.15, -0.1) is 0 Å². The number of rotatable bonds is 5. The lowest BCUT2D eigenvalue weighted by molar-refractivity contribution is -0.137. The van der Waals surface area contributed by atoms with Crippen LogP contribution in [0.3, 0.4) is 0 Å². The van der Waals surface area contributed by atoms with Crippen molar-refractivity contribution in [1.82, 2.24) is 0 Å². The largest absolute Gasteiger partial charge is 0.416 e. The summed E-state index contributed by atoms with van der Waals surface area (Å²) >= 11 is 0. The van der Waals surface area contributed by atoms with Crippen molar-refractivity contribution in [2.45, 2.75) is 32.5 Å². The van der Waals surface area contributed by atoms with Crippen molar-refractivity contribution in [3.05, 3.63) is 29.8 Å². The van der Waals surface area contributed by atoms with E-state index in [2.05, 4.69) is 5.32 Å². The molecular weight excluding hydrogens is 243 g/mol. The summed E-state index contributed by atoms with van der Waals surface area (Å²) in [6.07, 6.45) is -4.14. The molecule has 0 radical (unpaired) electrons. The minimum Gasteiger partial charge on any atom is -0.391 e. The molecule has 0 aliphatic carbocycles. The second-order valence-electron chi connectivity index (χ2n) is 4.74. The third kappa shape index (κ3) is 4.96. The third-order valence-electron chi connectivity index (χ3n) is 2.50. The summed E-state index contributed by atoms with van der Waals surface area (Å²) in [5, 5.41) is 12.5. The zero-order chi connectivity index (χ0) is 13.8. The van der Waals surface area contributed by atoms with Crippen LogP contribution in [0.2, 0.25) is 0 Å². The van der Waals surface area contributed by atoms with Crippen LogP contribution in [0.15, 0.2) is 24.3 Å². The van der Waals surface area contributed by atoms with E-state index in [1.54, 1.807) is 0 Å². The monoisotopic (exact) mass is 261 g/mol. The predicted octanol–water partition coefficient (Wildman–Crippen LogP) is 3.52. The Hall–Kier alpha value is -1.23. The van der Waals surface area contributed by atoms with E-state index in [9.17, 15) is 18.3 Å². The summed E-state index contributed by atoms with van der Waals surface area (Å²) in [4.78, 5) is 0. The molecule has 1 unspecified atom stereocenters. The summed E-state index contributed by atoms with van der Waals surface area (Å²) in [7, 11) is 0. The van der Waals surface area contributed by atoms with Gasteiger partial charge in [0, 0.05) is 12.2 Å². The molecule has 0 saturated carbocycles. The van der Waals surface area contributed by atoms with Crippen LogP contribution in [-0.4, -0.2) is 17.8 Å². The van der Waals surface area contributed by atoms with Gasteiger partial charge in [-0.1, -0.05) is 13.8 Å². The third-order valence-corrected chi connectivity index (χ3v) is 2.50. The van der Waals surface area contributed by atoms with Crippen molar-refractivity contribution in [2.24, 2.45) is 5.92 Å². The Morgan fingerprint density at radius 3 is 2.17 bits per heavy atom. The highest BCUT2D eigenvalue weighted by Gasteiger charge is 2.29. The van der Waals surface area contributed by atoms with Crippen molar-refractivity contribution in [2.75, 3.05) is 11.9 Å². The van der Waals surface area contributed by atoms with E-state index in [4.69, 9.17) is 0 Å². The van der Waals surface area contributed by atoms with E-state index < -0.39 is 17.8 Å². The molecule has 1 atom stereocenters. The van der Waals surface area contributed by atoms with Gasteiger partial charge < -0.3 is 10.4 Å². The summed E-state index contributed by atoms with van der Waals surface area (Å²) in [6, 6.07) is 4.78. The molecule has 0 saturated heterocycles. The zero-order valence-corrected chi connectivity index (χ0v) is 10.5. The van der Waals surface area contributed by atoms with Crippen LogP contribution in [0.1, 0.15) is 25.8 Å². The van der Waals surface area contributed by atoms with Crippen molar-refractivity contribution < 1.29 is 18.3 Å². The number of alkyl halides is 3. The normalized spacial score (nSPS) is 13.7. The van der Waals surface area contributed by atoms with Crippen LogP contribution in [0.4, 0.5) is 18.9 Å². The Balaban J connectivity index is 2.49. The number of benzene rings is 1. The SMILES string of the molecule is CC(C)CC(O)CNc1ccc(C(F)(F)F)cc1. The molecule has 102 valence electrons. The van der Waals surface area contributed by atoms with Gasteiger partial charge in [-0.3, -0.25) is 0 Å². The van der Waals surface area contributed by atoms with Gasteiger partial charge >= 0.3 is 6.18 Å². The average molecular weight is 261 g/mol. The van der Waals surface area contributed by atoms with Crippen molar-refractivity contribution in [3.8, 4) is 0 Å². The second kappa shape index (κ2) is 6.09. The minimum absolute atomic E-state index is 0.337. The van der Waals surface area contributed by atoms with Crippen molar-refractivity contribution in [1.29, 1.82) is 0 Å². The Labute approximate surface area is 105 Å². The maximum absolute atomic E-state index is 12.3. The molecule has 0 aliphatic rings. The van der Waals surface area contributed by atoms with Gasteiger partial charge in [-0.2, -0.15) is 13.2 Å². The fourth-order valence-electron chi connectivity index (χ4n) is 1.64. The number of halogens is 3. The molecule has 5 heteroatoms. The molecule has 0 bridgehead atoms. The van der Waals surface area contributed by atoms with E-state index in [-0.39, 0.29) is 0 Å². The Kier molecular flexibility index (Phi) is 5.02. The highest BCUT2D eigenvalue weighted by atomic mass is 19.4. The van der Waals surface area contributed by atoms with Crippen LogP contribution >= 0.6 is 0 Å². The Morgan fingerprint density at radius 1 is 1.17 bits per heavy atom. The average Bonchev–Trinajstić information content (AvgIpc) is 2.25. The lowest BCUT2D eigenvalue weighted by Crippen LogP contribution is -2.21. The van der Waals surface area contributed by atoms with Crippen LogP contribution in [0, 0.1) is 5.92 Å². The van der Waals surface area contributed by atoms with Gasteiger partial charge in [-0.05, 0) is 36.6 Å². The second-order valence-corrected chi connectivity index (χ2v) is 4.74. The fourth-order valence-corrected chi connectivity index (χ4v) is 1.64. The number of hydrogen-bond donors (Lipinski definition) is 2. The van der Waals surface area contributed by atoms with E-state index in [0.29, 0.717) is 24.6 Å². The smallest absolute Gasteiger partial charge is 0.391 e. The minimum atomic E-state index is -4.31. The molecule has 2 N–H and O–H groups in total. The molecule has 0 spiro atoms. The highest BCUT2D eigenvalue weighted by molar-refractivity contribution is 5.45. The number of aliphatic hydroxyl groups excluding tert-OH is 1. The first-order chi connectivity index (χ1) is 8.29. The first kappa shape index (κ1) is 14.8. The number of nitrogens with one attached hydrogen (secondary N) is 1. The molecular formula is C13H18F3NO. The summed E-state index contributed by atoms with van der Waals surface area (Å²) in [5.74, 6) is 0.384. The molecule has 1 rings (SSSR count). The van der Waals surface area contributed by atoms with E-state index >= 15 is 0 Å². The van der Waals surface area contributed by atoms with Gasteiger partial charge in [0.05, 0.1) is 11.7 Å². The predicted molar refractivity (Wildman–Crippen MR) is 65.4 cm³/mol. The molecule has 18 heavy (non-hydrogen) atoms. The molecule has 1 aromatic carbocycles. The van der Waals surface area contributed by atoms with Gasteiger partial charge in [-0.25, -0.2) is 0 Å². The van der Waals surface area contributed by atoms with E-state index in [1.165, 1.54) is 12.1 Å². The number of aliphatic hydroxyl groups is 1. The lowest BCUT2D eigenvalue weighted by atomic mass is 10.1. The quantitative estimate of drug-likeness (QED) is 0.850. The first-order valence-corrected chi connectivity index (χ1v) is 5.88. The van der Waals surface area contributed by atoms with Crippen LogP contribution in [0.5, 0.6) is 0 Å². The molecule has 0 fully saturated rings. The van der Waals surface area contributed by atoms with Crippen molar-refractivity contribution in [3.63, 3.8) is 0 Å². The van der Waals surface area contributed by atoms with Crippen LogP contribution in [0.25, 0.3) is 0 Å². The molecule has 2 nitrogen and oxygen atoms in total. The maximum atomic E-state index is 12.3. The summed E-state index contributed by atoms with van der Waals surface area (Å²) in [6.45, 7) is 4.34. The lowest BCUT2D eigenvalue weighted by Gasteiger charge is -2.15. The highest BCUT2D eigenvalue weighted by Crippen LogP contribution is 2.29. The van der Waals surface area contributed by atoms with E-state index in [0.717, 1.165) is 12.1 Å². The van der Waals surface area contributed by atoms with Gasteiger partial charge in [0.1, 0.15) is 0 Å². The zero-order valence-electron chi connectivity index (χ0n) is 10.5. The van der Waals surface area contributed by atoms with E-state index in [1.807, 2.05) is 13.8 Å². The van der Waals surface area contributed by atoms with Crippen LogP contribution in [-0.2, 0) is 6.18 Å². The van der Waals surface area contributed by atoms with Gasteiger partial charge in [0.2, 0.25) is 0 Å². The molecule has 0 amide bonds. The van der Waals surface area contributed by atoms with Crippen LogP contribution < -0.4 is 5.32 Å². The maximum Gasteiger partial charge on any atom is 0.416 e. The van der Waals surface area contributed by atoms with Crippen molar-refractivity contribution >= 4 is 5.69 Å². The number of hydrogen-bond acceptors (Lipinski definition) is 2. The summed E-state index contributed by atoms with van der Waals surface area (Å²) < 4.78 is 37.0. The molecule has 1 aromatic rings. The standard InChI is InChI=1S/C13H18F3NO/c1-9(2)7-12(18)8-17-11-5-3-10(4-6-11)13(14,15)16/h3-6,9,12,17-18H,7-8H2,1-2H3. The first-order valence-electron chi connectivity index (χ1n) is 5.88. The Morgan fingerprint density at radius 2 is 1.72 bits per heavy atom. The molecule has 0 aliphatic heterocycles. The van der Waals surface area contributed by atoms with Gasteiger partial charge in [0.15, 0.2) is 0 Å². The van der Waals surface area contributed by atoms with Gasteiger partial charge in [0.25, 0.3) is 0 Å². The fraction of sp³-hybridized carbons (Fsp3) is 0.538. The summed E-state index contributed by atoms with van der Waals surface area (Å²) in [5.41, 5.74) is -0.0958.